The molecule has 0 spiro atoms. The maximum Gasteiger partial charge on any atom is 0.222 e. The number of aliphatic hydroxyl groups is 1. The van der Waals surface area contributed by atoms with Gasteiger partial charge in [-0.05, 0) is 36.8 Å². The molecule has 2 unspecified atom stereocenters. The maximum absolute atomic E-state index is 9.18. The number of hydrogen-bond donors (Lipinski definition) is 1. The van der Waals surface area contributed by atoms with E-state index in [1.165, 1.54) is 0 Å². The molecule has 1 N–H and O–H groups in total. The number of aliphatic hydroxyl groups excluding tert-OH is 1. The quantitative estimate of drug-likeness (QED) is 0.471. The van der Waals surface area contributed by atoms with Crippen LogP contribution in [0.5, 0.6) is 11.6 Å². The number of aromatic nitrogens is 5. The lowest BCUT2D eigenvalue weighted by Gasteiger charge is -2.11. The van der Waals surface area contributed by atoms with Crippen LogP contribution in [0.1, 0.15) is 18.0 Å². The first-order valence-corrected chi connectivity index (χ1v) is 10.3. The van der Waals surface area contributed by atoms with E-state index in [1.54, 1.807) is 30.4 Å². The lowest BCUT2D eigenvalue weighted by molar-refractivity contribution is 0.269. The van der Waals surface area contributed by atoms with Gasteiger partial charge >= 0.3 is 0 Å². The van der Waals surface area contributed by atoms with Crippen LogP contribution in [0, 0.1) is 5.92 Å². The SMILES string of the molecule is COc1ccc(C2CC2COc2nc3cccnc3cc2-c2cnn(CCO)c2)nc1. The summed E-state index contributed by atoms with van der Waals surface area (Å²) in [5.74, 6) is 2.12. The number of methoxy groups -OCH3 is 1. The number of rotatable bonds is 8. The molecule has 0 amide bonds. The highest BCUT2D eigenvalue weighted by Gasteiger charge is 2.40. The Bertz CT molecular complexity index is 1190. The molecule has 1 saturated carbocycles. The number of pyridine rings is 3. The zero-order valence-electron chi connectivity index (χ0n) is 17.2. The summed E-state index contributed by atoms with van der Waals surface area (Å²) < 4.78 is 13.1. The van der Waals surface area contributed by atoms with Gasteiger partial charge < -0.3 is 14.6 Å². The van der Waals surface area contributed by atoms with Crippen molar-refractivity contribution in [2.75, 3.05) is 20.3 Å². The molecule has 1 fully saturated rings. The van der Waals surface area contributed by atoms with Crippen LogP contribution in [-0.2, 0) is 6.54 Å². The minimum atomic E-state index is 0.0322. The van der Waals surface area contributed by atoms with Crippen LogP contribution in [0.15, 0.2) is 55.1 Å². The molecule has 5 rings (SSSR count). The van der Waals surface area contributed by atoms with Crippen molar-refractivity contribution in [2.45, 2.75) is 18.9 Å². The fraction of sp³-hybridized carbons (Fsp3) is 0.304. The van der Waals surface area contributed by atoms with Gasteiger partial charge in [-0.15, -0.1) is 0 Å². The largest absolute Gasteiger partial charge is 0.495 e. The van der Waals surface area contributed by atoms with E-state index in [-0.39, 0.29) is 6.61 Å². The molecular formula is C23H23N5O3. The zero-order chi connectivity index (χ0) is 21.2. The molecule has 4 aromatic heterocycles. The number of ether oxygens (including phenoxy) is 2. The fourth-order valence-corrected chi connectivity index (χ4v) is 3.74. The second kappa shape index (κ2) is 8.31. The third-order valence-corrected chi connectivity index (χ3v) is 5.55. The van der Waals surface area contributed by atoms with Crippen molar-refractivity contribution in [3.63, 3.8) is 0 Å². The standard InChI is InChI=1S/C23H23N5O3/c1-30-17-4-5-20(25-12-17)18-9-15(18)14-31-23-19(16-11-26-28(13-16)7-8-29)10-22-21(27-23)3-2-6-24-22/h2-6,10-13,15,18,29H,7-9,14H2,1H3. The van der Waals surface area contributed by atoms with Gasteiger partial charge in [-0.25, -0.2) is 4.98 Å². The highest BCUT2D eigenvalue weighted by Crippen LogP contribution is 2.47. The number of nitrogens with zero attached hydrogens (tertiary/aromatic N) is 5. The fourth-order valence-electron chi connectivity index (χ4n) is 3.74. The van der Waals surface area contributed by atoms with E-state index in [0.717, 1.165) is 40.0 Å². The van der Waals surface area contributed by atoms with Crippen LogP contribution in [0.25, 0.3) is 22.2 Å². The predicted molar refractivity (Wildman–Crippen MR) is 115 cm³/mol. The number of hydrogen-bond acceptors (Lipinski definition) is 7. The smallest absolute Gasteiger partial charge is 0.222 e. The van der Waals surface area contributed by atoms with Gasteiger partial charge in [0, 0.05) is 41.1 Å². The molecule has 0 bridgehead atoms. The maximum atomic E-state index is 9.18. The summed E-state index contributed by atoms with van der Waals surface area (Å²) in [7, 11) is 1.64. The summed E-state index contributed by atoms with van der Waals surface area (Å²) in [5.41, 5.74) is 4.37. The minimum Gasteiger partial charge on any atom is -0.495 e. The van der Waals surface area contributed by atoms with E-state index >= 15 is 0 Å². The lowest BCUT2D eigenvalue weighted by Crippen LogP contribution is -2.05. The van der Waals surface area contributed by atoms with Crippen LogP contribution in [0.2, 0.25) is 0 Å². The Morgan fingerprint density at radius 2 is 2.10 bits per heavy atom. The molecule has 0 saturated heterocycles. The summed E-state index contributed by atoms with van der Waals surface area (Å²) in [6.07, 6.45) is 8.19. The number of fused-ring (bicyclic) bond motifs is 1. The first-order valence-electron chi connectivity index (χ1n) is 10.3. The van der Waals surface area contributed by atoms with Gasteiger partial charge in [0.15, 0.2) is 0 Å². The summed E-state index contributed by atoms with van der Waals surface area (Å²) in [5, 5.41) is 13.5. The van der Waals surface area contributed by atoms with Crippen LogP contribution in [-0.4, -0.2) is 50.2 Å². The molecule has 2 atom stereocenters. The average Bonchev–Trinajstić information content (AvgIpc) is 3.45. The van der Waals surface area contributed by atoms with E-state index in [9.17, 15) is 5.11 Å². The van der Waals surface area contributed by atoms with Crippen molar-refractivity contribution in [1.82, 2.24) is 24.7 Å². The Labute approximate surface area is 179 Å². The Hall–Kier alpha value is -3.52. The van der Waals surface area contributed by atoms with Crippen LogP contribution < -0.4 is 9.47 Å². The Morgan fingerprint density at radius 3 is 2.90 bits per heavy atom. The molecule has 1 aliphatic rings. The molecule has 4 aromatic rings. The molecule has 8 nitrogen and oxygen atoms in total. The van der Waals surface area contributed by atoms with E-state index in [1.807, 2.05) is 36.5 Å². The predicted octanol–water partition coefficient (Wildman–Crippen LogP) is 3.07. The van der Waals surface area contributed by atoms with Gasteiger partial charge in [0.25, 0.3) is 0 Å². The highest BCUT2D eigenvalue weighted by atomic mass is 16.5. The summed E-state index contributed by atoms with van der Waals surface area (Å²) in [6.45, 7) is 1.04. The van der Waals surface area contributed by atoms with Crippen molar-refractivity contribution < 1.29 is 14.6 Å². The second-order valence-electron chi connectivity index (χ2n) is 7.63. The van der Waals surface area contributed by atoms with Crippen molar-refractivity contribution >= 4 is 11.0 Å². The van der Waals surface area contributed by atoms with E-state index < -0.39 is 0 Å². The minimum absolute atomic E-state index is 0.0322. The molecule has 31 heavy (non-hydrogen) atoms. The van der Waals surface area contributed by atoms with E-state index in [0.29, 0.717) is 30.9 Å². The summed E-state index contributed by atoms with van der Waals surface area (Å²) in [4.78, 5) is 13.7. The van der Waals surface area contributed by atoms with Gasteiger partial charge in [-0.1, -0.05) is 0 Å². The molecule has 0 radical (unpaired) electrons. The Balaban J connectivity index is 1.37. The second-order valence-corrected chi connectivity index (χ2v) is 7.63. The molecule has 4 heterocycles. The van der Waals surface area contributed by atoms with E-state index in [4.69, 9.17) is 14.5 Å². The van der Waals surface area contributed by atoms with Gasteiger partial charge in [0.2, 0.25) is 5.88 Å². The van der Waals surface area contributed by atoms with Crippen LogP contribution >= 0.6 is 0 Å². The molecule has 1 aliphatic carbocycles. The lowest BCUT2D eigenvalue weighted by atomic mass is 10.1. The Morgan fingerprint density at radius 1 is 1.16 bits per heavy atom. The van der Waals surface area contributed by atoms with Gasteiger partial charge in [-0.3, -0.25) is 14.6 Å². The summed E-state index contributed by atoms with van der Waals surface area (Å²) in [6, 6.07) is 9.73. The van der Waals surface area contributed by atoms with Gasteiger partial charge in [0.05, 0.1) is 50.3 Å². The topological polar surface area (TPSA) is 95.2 Å². The van der Waals surface area contributed by atoms with Gasteiger partial charge in [-0.2, -0.15) is 5.10 Å². The van der Waals surface area contributed by atoms with Crippen molar-refractivity contribution in [3.8, 4) is 22.8 Å². The third-order valence-electron chi connectivity index (χ3n) is 5.55. The zero-order valence-corrected chi connectivity index (χ0v) is 17.2. The first-order chi connectivity index (χ1) is 15.2. The molecule has 0 aromatic carbocycles. The highest BCUT2D eigenvalue weighted by molar-refractivity contribution is 5.83. The Kier molecular flexibility index (Phi) is 5.21. The van der Waals surface area contributed by atoms with Crippen LogP contribution in [0.4, 0.5) is 0 Å². The molecule has 0 aliphatic heterocycles. The third kappa shape index (κ3) is 4.06. The van der Waals surface area contributed by atoms with Crippen molar-refractivity contribution in [1.29, 1.82) is 0 Å². The normalized spacial score (nSPS) is 17.6. The van der Waals surface area contributed by atoms with Crippen molar-refractivity contribution in [2.24, 2.45) is 5.92 Å². The summed E-state index contributed by atoms with van der Waals surface area (Å²) >= 11 is 0. The van der Waals surface area contributed by atoms with E-state index in [2.05, 4.69) is 15.1 Å². The van der Waals surface area contributed by atoms with Gasteiger partial charge in [0.1, 0.15) is 5.75 Å². The first kappa shape index (κ1) is 19.4. The average molecular weight is 417 g/mol. The molecule has 158 valence electrons. The van der Waals surface area contributed by atoms with Crippen molar-refractivity contribution in [3.05, 3.63) is 60.8 Å². The molecule has 8 heteroatoms. The monoisotopic (exact) mass is 417 g/mol. The van der Waals surface area contributed by atoms with Crippen LogP contribution in [0.3, 0.4) is 0 Å². The molecular weight excluding hydrogens is 394 g/mol.